The van der Waals surface area contributed by atoms with Crippen LogP contribution in [-0.2, 0) is 4.74 Å². The van der Waals surface area contributed by atoms with Crippen LogP contribution in [0.2, 0.25) is 5.02 Å². The van der Waals surface area contributed by atoms with Crippen molar-refractivity contribution in [3.8, 4) is 11.3 Å². The van der Waals surface area contributed by atoms with E-state index in [-0.39, 0.29) is 17.7 Å². The molecular formula is C21H26ClN3O2. The summed E-state index contributed by atoms with van der Waals surface area (Å²) in [7, 11) is 0. The SMILES string of the molecule is O=C(Nc1c[nH]c(-c2ccc(Cl)cc2)c1)NC1CCC2(CCCCO2)CC1. The van der Waals surface area contributed by atoms with Crippen molar-refractivity contribution < 1.29 is 9.53 Å². The molecule has 0 radical (unpaired) electrons. The third-order valence-electron chi connectivity index (χ3n) is 5.76. The summed E-state index contributed by atoms with van der Waals surface area (Å²) >= 11 is 5.93. The van der Waals surface area contributed by atoms with E-state index in [0.29, 0.717) is 5.02 Å². The molecule has 144 valence electrons. The summed E-state index contributed by atoms with van der Waals surface area (Å²) in [5.74, 6) is 0. The van der Waals surface area contributed by atoms with Crippen molar-refractivity contribution in [2.24, 2.45) is 0 Å². The van der Waals surface area contributed by atoms with Gasteiger partial charge in [0.25, 0.3) is 0 Å². The quantitative estimate of drug-likeness (QED) is 0.665. The second-order valence-electron chi connectivity index (χ2n) is 7.67. The highest BCUT2D eigenvalue weighted by molar-refractivity contribution is 6.30. The molecule has 5 nitrogen and oxygen atoms in total. The van der Waals surface area contributed by atoms with Gasteiger partial charge in [-0.15, -0.1) is 0 Å². The Morgan fingerprint density at radius 1 is 1.15 bits per heavy atom. The molecule has 27 heavy (non-hydrogen) atoms. The number of carbonyl (C=O) groups excluding carboxylic acids is 1. The van der Waals surface area contributed by atoms with E-state index in [2.05, 4.69) is 15.6 Å². The first-order valence-corrected chi connectivity index (χ1v) is 10.2. The van der Waals surface area contributed by atoms with E-state index >= 15 is 0 Å². The van der Waals surface area contributed by atoms with E-state index in [1.165, 1.54) is 19.3 Å². The fraction of sp³-hybridized carbons (Fsp3) is 0.476. The lowest BCUT2D eigenvalue weighted by molar-refractivity contribution is -0.102. The van der Waals surface area contributed by atoms with E-state index in [0.717, 1.165) is 49.2 Å². The number of rotatable bonds is 3. The van der Waals surface area contributed by atoms with Gasteiger partial charge in [-0.1, -0.05) is 23.7 Å². The van der Waals surface area contributed by atoms with Crippen LogP contribution >= 0.6 is 11.6 Å². The normalized spacial score (nSPS) is 25.3. The molecule has 0 unspecified atom stereocenters. The molecule has 2 amide bonds. The fourth-order valence-electron chi connectivity index (χ4n) is 4.21. The minimum absolute atomic E-state index is 0.0844. The molecule has 4 rings (SSSR count). The number of carbonyl (C=O) groups is 1. The Labute approximate surface area is 164 Å². The number of benzene rings is 1. The molecular weight excluding hydrogens is 362 g/mol. The molecule has 1 aromatic carbocycles. The third-order valence-corrected chi connectivity index (χ3v) is 6.02. The maximum atomic E-state index is 12.4. The van der Waals surface area contributed by atoms with Crippen molar-refractivity contribution >= 4 is 23.3 Å². The van der Waals surface area contributed by atoms with Gasteiger partial charge in [-0.05, 0) is 68.7 Å². The van der Waals surface area contributed by atoms with Crippen LogP contribution in [0.25, 0.3) is 11.3 Å². The molecule has 1 aliphatic heterocycles. The van der Waals surface area contributed by atoms with E-state index in [4.69, 9.17) is 16.3 Å². The van der Waals surface area contributed by atoms with Gasteiger partial charge in [0.05, 0.1) is 11.3 Å². The first-order chi connectivity index (χ1) is 13.1. The van der Waals surface area contributed by atoms with Gasteiger partial charge in [0, 0.05) is 29.6 Å². The highest BCUT2D eigenvalue weighted by Gasteiger charge is 2.37. The minimum Gasteiger partial charge on any atom is -0.375 e. The van der Waals surface area contributed by atoms with Gasteiger partial charge in [-0.25, -0.2) is 4.79 Å². The number of ether oxygens (including phenoxy) is 1. The monoisotopic (exact) mass is 387 g/mol. The molecule has 0 atom stereocenters. The van der Waals surface area contributed by atoms with Crippen LogP contribution in [0.15, 0.2) is 36.5 Å². The molecule has 2 aromatic rings. The summed E-state index contributed by atoms with van der Waals surface area (Å²) in [5.41, 5.74) is 2.80. The highest BCUT2D eigenvalue weighted by Crippen LogP contribution is 2.38. The van der Waals surface area contributed by atoms with Crippen LogP contribution in [0.4, 0.5) is 10.5 Å². The minimum atomic E-state index is -0.151. The third kappa shape index (κ3) is 4.47. The standard InChI is InChI=1S/C21H26ClN3O2/c22-16-5-3-15(4-6-16)19-13-18(14-23-19)25-20(26)24-17-7-10-21(11-8-17)9-1-2-12-27-21/h3-6,13-14,17,23H,1-2,7-12H2,(H2,24,25,26). The number of halogens is 1. The van der Waals surface area contributed by atoms with Crippen molar-refractivity contribution in [2.45, 2.75) is 56.6 Å². The largest absolute Gasteiger partial charge is 0.375 e. The molecule has 1 saturated heterocycles. The number of hydrogen-bond donors (Lipinski definition) is 3. The molecule has 2 fully saturated rings. The maximum Gasteiger partial charge on any atom is 0.319 e. The average Bonchev–Trinajstić information content (AvgIpc) is 3.13. The molecule has 1 spiro atoms. The van der Waals surface area contributed by atoms with Gasteiger partial charge in [0.15, 0.2) is 0 Å². The maximum absolute atomic E-state index is 12.4. The van der Waals surface area contributed by atoms with E-state index < -0.39 is 0 Å². The van der Waals surface area contributed by atoms with Crippen LogP contribution in [0.5, 0.6) is 0 Å². The average molecular weight is 388 g/mol. The first-order valence-electron chi connectivity index (χ1n) is 9.78. The van der Waals surface area contributed by atoms with E-state index in [1.54, 1.807) is 6.20 Å². The van der Waals surface area contributed by atoms with E-state index in [1.807, 2.05) is 30.3 Å². The molecule has 1 aliphatic carbocycles. The summed E-state index contributed by atoms with van der Waals surface area (Å²) in [6, 6.07) is 9.59. The number of nitrogens with one attached hydrogen (secondary N) is 3. The smallest absolute Gasteiger partial charge is 0.319 e. The van der Waals surface area contributed by atoms with Crippen molar-refractivity contribution in [2.75, 3.05) is 11.9 Å². The second kappa shape index (κ2) is 7.95. The molecule has 0 bridgehead atoms. The summed E-state index contributed by atoms with van der Waals surface area (Å²) in [5, 5.41) is 6.74. The summed E-state index contributed by atoms with van der Waals surface area (Å²) in [4.78, 5) is 15.5. The zero-order valence-corrected chi connectivity index (χ0v) is 16.1. The topological polar surface area (TPSA) is 66.2 Å². The summed E-state index contributed by atoms with van der Waals surface area (Å²) in [6.07, 6.45) is 9.47. The molecule has 2 heterocycles. The van der Waals surface area contributed by atoms with Gasteiger partial charge in [-0.2, -0.15) is 0 Å². The lowest BCUT2D eigenvalue weighted by Gasteiger charge is -2.42. The zero-order chi connectivity index (χ0) is 18.7. The van der Waals surface area contributed by atoms with Crippen LogP contribution < -0.4 is 10.6 Å². The Morgan fingerprint density at radius 3 is 2.63 bits per heavy atom. The van der Waals surface area contributed by atoms with Crippen LogP contribution in [0.3, 0.4) is 0 Å². The number of urea groups is 1. The molecule has 2 aliphatic rings. The Kier molecular flexibility index (Phi) is 5.41. The van der Waals surface area contributed by atoms with Gasteiger partial charge < -0.3 is 20.4 Å². The lowest BCUT2D eigenvalue weighted by atomic mass is 9.78. The van der Waals surface area contributed by atoms with Crippen molar-refractivity contribution in [3.05, 3.63) is 41.6 Å². The zero-order valence-electron chi connectivity index (χ0n) is 15.4. The second-order valence-corrected chi connectivity index (χ2v) is 8.11. The molecule has 1 aromatic heterocycles. The number of hydrogen-bond acceptors (Lipinski definition) is 2. The number of aromatic nitrogens is 1. The summed E-state index contributed by atoms with van der Waals surface area (Å²) in [6.45, 7) is 0.891. The highest BCUT2D eigenvalue weighted by atomic mass is 35.5. The Bertz CT molecular complexity index is 771. The summed E-state index contributed by atoms with van der Waals surface area (Å²) < 4.78 is 6.07. The number of amides is 2. The van der Waals surface area contributed by atoms with Crippen molar-refractivity contribution in [1.82, 2.24) is 10.3 Å². The van der Waals surface area contributed by atoms with Gasteiger partial charge in [0.1, 0.15) is 0 Å². The molecule has 1 saturated carbocycles. The van der Waals surface area contributed by atoms with Crippen LogP contribution in [0, 0.1) is 0 Å². The lowest BCUT2D eigenvalue weighted by Crippen LogP contribution is -2.47. The fourth-order valence-corrected chi connectivity index (χ4v) is 4.33. The van der Waals surface area contributed by atoms with Gasteiger partial charge in [0.2, 0.25) is 0 Å². The van der Waals surface area contributed by atoms with Crippen LogP contribution in [0.1, 0.15) is 44.9 Å². The molecule has 3 N–H and O–H groups in total. The van der Waals surface area contributed by atoms with Gasteiger partial charge in [-0.3, -0.25) is 0 Å². The Balaban J connectivity index is 1.28. The Morgan fingerprint density at radius 2 is 1.93 bits per heavy atom. The van der Waals surface area contributed by atoms with Crippen LogP contribution in [-0.4, -0.2) is 29.3 Å². The number of anilines is 1. The van der Waals surface area contributed by atoms with Crippen molar-refractivity contribution in [1.29, 1.82) is 0 Å². The number of H-pyrrole nitrogens is 1. The number of aromatic amines is 1. The predicted molar refractivity (Wildman–Crippen MR) is 108 cm³/mol. The van der Waals surface area contributed by atoms with E-state index in [9.17, 15) is 4.79 Å². The Hall–Kier alpha value is -1.98. The predicted octanol–water partition coefficient (Wildman–Crippen LogP) is 5.34. The van der Waals surface area contributed by atoms with Gasteiger partial charge >= 0.3 is 6.03 Å². The van der Waals surface area contributed by atoms with Crippen molar-refractivity contribution in [3.63, 3.8) is 0 Å². The first kappa shape index (κ1) is 18.4. The molecule has 6 heteroatoms.